The van der Waals surface area contributed by atoms with Gasteiger partial charge in [-0.05, 0) is 70.2 Å². The SMILES string of the molecule is Cc1cc(C)c2nc(C3CC3)cc(C(=O)N3CC(CN)CC3C)c2c1.Cl.Cl. The van der Waals surface area contributed by atoms with E-state index >= 15 is 0 Å². The first kappa shape index (κ1) is 21.9. The summed E-state index contributed by atoms with van der Waals surface area (Å²) in [6.45, 7) is 7.73. The summed E-state index contributed by atoms with van der Waals surface area (Å²) in [4.78, 5) is 20.3. The van der Waals surface area contributed by atoms with Crippen LogP contribution in [0, 0.1) is 19.8 Å². The lowest BCUT2D eigenvalue weighted by Gasteiger charge is -2.23. The lowest BCUT2D eigenvalue weighted by atomic mass is 9.99. The zero-order valence-electron chi connectivity index (χ0n) is 16.2. The lowest BCUT2D eigenvalue weighted by Crippen LogP contribution is -2.34. The number of fused-ring (bicyclic) bond motifs is 1. The van der Waals surface area contributed by atoms with Gasteiger partial charge in [0.15, 0.2) is 0 Å². The number of benzene rings is 1. The van der Waals surface area contributed by atoms with Gasteiger partial charge in [-0.3, -0.25) is 9.78 Å². The van der Waals surface area contributed by atoms with Gasteiger partial charge in [0.2, 0.25) is 0 Å². The van der Waals surface area contributed by atoms with Crippen LogP contribution in [0.3, 0.4) is 0 Å². The lowest BCUT2D eigenvalue weighted by molar-refractivity contribution is 0.0745. The van der Waals surface area contributed by atoms with Gasteiger partial charge in [-0.25, -0.2) is 0 Å². The summed E-state index contributed by atoms with van der Waals surface area (Å²) in [5.74, 6) is 1.09. The molecule has 1 aromatic carbocycles. The Bertz CT molecular complexity index is 851. The van der Waals surface area contributed by atoms with E-state index in [1.54, 1.807) is 0 Å². The van der Waals surface area contributed by atoms with Gasteiger partial charge in [-0.15, -0.1) is 24.8 Å². The fourth-order valence-corrected chi connectivity index (χ4v) is 4.22. The molecule has 1 saturated carbocycles. The molecule has 1 aliphatic carbocycles. The number of carbonyl (C=O) groups is 1. The summed E-state index contributed by atoms with van der Waals surface area (Å²) in [7, 11) is 0. The van der Waals surface area contributed by atoms with Gasteiger partial charge < -0.3 is 10.6 Å². The molecule has 1 aromatic heterocycles. The molecule has 0 radical (unpaired) electrons. The van der Waals surface area contributed by atoms with Crippen molar-refractivity contribution in [2.45, 2.75) is 52.0 Å². The first-order chi connectivity index (χ1) is 12.0. The van der Waals surface area contributed by atoms with E-state index in [0.717, 1.165) is 40.7 Å². The minimum absolute atomic E-state index is 0. The number of nitrogens with zero attached hydrogens (tertiary/aromatic N) is 2. The predicted octanol–water partition coefficient (Wildman–Crippen LogP) is 4.38. The third-order valence-electron chi connectivity index (χ3n) is 5.75. The highest BCUT2D eigenvalue weighted by Gasteiger charge is 2.34. The van der Waals surface area contributed by atoms with Crippen LogP contribution in [-0.2, 0) is 0 Å². The molecule has 148 valence electrons. The average Bonchev–Trinajstić information content (AvgIpc) is 3.36. The Labute approximate surface area is 173 Å². The van der Waals surface area contributed by atoms with Gasteiger partial charge in [-0.1, -0.05) is 11.6 Å². The largest absolute Gasteiger partial charge is 0.336 e. The van der Waals surface area contributed by atoms with Gasteiger partial charge >= 0.3 is 0 Å². The Kier molecular flexibility index (Phi) is 6.77. The first-order valence-electron chi connectivity index (χ1n) is 9.41. The number of amides is 1. The summed E-state index contributed by atoms with van der Waals surface area (Å²) < 4.78 is 0. The van der Waals surface area contributed by atoms with Crippen molar-refractivity contribution in [2.75, 3.05) is 13.1 Å². The molecule has 0 spiro atoms. The molecule has 4 rings (SSSR count). The molecule has 4 nitrogen and oxygen atoms in total. The maximum absolute atomic E-state index is 13.4. The molecule has 2 heterocycles. The van der Waals surface area contributed by atoms with Crippen molar-refractivity contribution in [3.05, 3.63) is 40.6 Å². The molecule has 2 atom stereocenters. The number of carbonyl (C=O) groups excluding carboxylic acids is 1. The van der Waals surface area contributed by atoms with Gasteiger partial charge in [0, 0.05) is 29.6 Å². The highest BCUT2D eigenvalue weighted by atomic mass is 35.5. The van der Waals surface area contributed by atoms with Crippen molar-refractivity contribution in [3.8, 4) is 0 Å². The minimum atomic E-state index is 0. The fraction of sp³-hybridized carbons (Fsp3) is 0.524. The van der Waals surface area contributed by atoms with Crippen LogP contribution >= 0.6 is 24.8 Å². The summed E-state index contributed by atoms with van der Waals surface area (Å²) in [6.07, 6.45) is 3.37. The third kappa shape index (κ3) is 4.08. The maximum Gasteiger partial charge on any atom is 0.254 e. The van der Waals surface area contributed by atoms with Crippen molar-refractivity contribution in [3.63, 3.8) is 0 Å². The van der Waals surface area contributed by atoms with Gasteiger partial charge in [0.1, 0.15) is 0 Å². The summed E-state index contributed by atoms with van der Waals surface area (Å²) in [6, 6.07) is 6.58. The topological polar surface area (TPSA) is 59.2 Å². The van der Waals surface area contributed by atoms with Crippen LogP contribution in [0.4, 0.5) is 0 Å². The van der Waals surface area contributed by atoms with Crippen molar-refractivity contribution in [2.24, 2.45) is 11.7 Å². The van der Waals surface area contributed by atoms with E-state index in [-0.39, 0.29) is 36.8 Å². The van der Waals surface area contributed by atoms with E-state index in [9.17, 15) is 4.79 Å². The molecular formula is C21H29Cl2N3O. The zero-order chi connectivity index (χ0) is 17.7. The Hall–Kier alpha value is -1.36. The quantitative estimate of drug-likeness (QED) is 0.817. The second kappa shape index (κ2) is 8.34. The fourth-order valence-electron chi connectivity index (χ4n) is 4.22. The highest BCUT2D eigenvalue weighted by molar-refractivity contribution is 6.07. The van der Waals surface area contributed by atoms with E-state index in [1.807, 2.05) is 4.90 Å². The highest BCUT2D eigenvalue weighted by Crippen LogP contribution is 2.41. The van der Waals surface area contributed by atoms with Crippen LogP contribution in [0.15, 0.2) is 18.2 Å². The van der Waals surface area contributed by atoms with E-state index in [1.165, 1.54) is 18.4 Å². The van der Waals surface area contributed by atoms with Gasteiger partial charge in [0.25, 0.3) is 5.91 Å². The molecule has 2 aromatic rings. The number of aromatic nitrogens is 1. The number of hydrogen-bond acceptors (Lipinski definition) is 3. The molecule has 2 unspecified atom stereocenters. The average molecular weight is 410 g/mol. The summed E-state index contributed by atoms with van der Waals surface area (Å²) in [5.41, 5.74) is 11.1. The molecule has 1 saturated heterocycles. The number of likely N-dealkylation sites (tertiary alicyclic amines) is 1. The molecule has 2 N–H and O–H groups in total. The molecule has 2 fully saturated rings. The second-order valence-electron chi connectivity index (χ2n) is 7.99. The first-order valence-corrected chi connectivity index (χ1v) is 9.41. The molecule has 6 heteroatoms. The molecule has 27 heavy (non-hydrogen) atoms. The third-order valence-corrected chi connectivity index (χ3v) is 5.75. The molecule has 1 aliphatic heterocycles. The molecular weight excluding hydrogens is 381 g/mol. The van der Waals surface area contributed by atoms with Crippen molar-refractivity contribution < 1.29 is 4.79 Å². The molecule has 0 bridgehead atoms. The number of nitrogens with two attached hydrogens (primary N) is 1. The van der Waals surface area contributed by atoms with Crippen molar-refractivity contribution in [1.29, 1.82) is 0 Å². The van der Waals surface area contributed by atoms with Crippen LogP contribution in [0.25, 0.3) is 10.9 Å². The van der Waals surface area contributed by atoms with E-state index < -0.39 is 0 Å². The number of halogens is 2. The summed E-state index contributed by atoms with van der Waals surface area (Å²) >= 11 is 0. The van der Waals surface area contributed by atoms with Crippen molar-refractivity contribution >= 4 is 41.6 Å². The summed E-state index contributed by atoms with van der Waals surface area (Å²) in [5, 5.41) is 0.996. The Morgan fingerprint density at radius 1 is 1.22 bits per heavy atom. The van der Waals surface area contributed by atoms with Crippen LogP contribution in [0.1, 0.15) is 59.3 Å². The van der Waals surface area contributed by atoms with Crippen molar-refractivity contribution in [1.82, 2.24) is 9.88 Å². The Morgan fingerprint density at radius 3 is 2.52 bits per heavy atom. The number of rotatable bonds is 3. The zero-order valence-corrected chi connectivity index (χ0v) is 17.8. The van der Waals surface area contributed by atoms with Gasteiger partial charge in [-0.2, -0.15) is 0 Å². The van der Waals surface area contributed by atoms with Crippen LogP contribution in [0.5, 0.6) is 0 Å². The van der Waals surface area contributed by atoms with Crippen LogP contribution in [-0.4, -0.2) is 34.9 Å². The number of pyridine rings is 1. The van der Waals surface area contributed by atoms with Gasteiger partial charge in [0.05, 0.1) is 11.1 Å². The molecule has 2 aliphatic rings. The van der Waals surface area contributed by atoms with E-state index in [4.69, 9.17) is 10.7 Å². The Balaban J connectivity index is 0.00000131. The molecule has 1 amide bonds. The standard InChI is InChI=1S/C21H27N3O.2ClH/c1-12-6-13(2)20-17(7-12)18(9-19(23-20)16-4-5-16)21(25)24-11-15(10-22)8-14(24)3;;/h6-7,9,14-16H,4-5,8,10-11,22H2,1-3H3;2*1H. The monoisotopic (exact) mass is 409 g/mol. The normalized spacial score (nSPS) is 21.7. The van der Waals surface area contributed by atoms with Crippen LogP contribution < -0.4 is 5.73 Å². The van der Waals surface area contributed by atoms with E-state index in [2.05, 4.69) is 39.0 Å². The number of hydrogen-bond donors (Lipinski definition) is 1. The smallest absolute Gasteiger partial charge is 0.254 e. The minimum Gasteiger partial charge on any atom is -0.336 e. The second-order valence-corrected chi connectivity index (χ2v) is 7.99. The predicted molar refractivity (Wildman–Crippen MR) is 115 cm³/mol. The number of aryl methyl sites for hydroxylation is 2. The maximum atomic E-state index is 13.4. The Morgan fingerprint density at radius 2 is 1.93 bits per heavy atom. The van der Waals surface area contributed by atoms with E-state index in [0.29, 0.717) is 18.4 Å². The van der Waals surface area contributed by atoms with Crippen LogP contribution in [0.2, 0.25) is 0 Å².